The summed E-state index contributed by atoms with van der Waals surface area (Å²) in [5, 5.41) is 4.34. The number of aromatic nitrogens is 2. The van der Waals surface area contributed by atoms with Crippen LogP contribution in [0.1, 0.15) is 0 Å². The Balaban J connectivity index is 1.78. The first-order valence-corrected chi connectivity index (χ1v) is 7.14. The van der Waals surface area contributed by atoms with Crippen molar-refractivity contribution in [2.45, 2.75) is 0 Å². The summed E-state index contributed by atoms with van der Waals surface area (Å²) in [7, 11) is 0. The van der Waals surface area contributed by atoms with Gasteiger partial charge in [0.2, 0.25) is 0 Å². The van der Waals surface area contributed by atoms with Crippen molar-refractivity contribution in [1.82, 2.24) is 10.1 Å². The number of hydrogen-bond donors (Lipinski definition) is 0. The first-order valence-electron chi connectivity index (χ1n) is 7.14. The van der Waals surface area contributed by atoms with E-state index in [-0.39, 0.29) is 16.8 Å². The fraction of sp³-hybridized carbons (Fsp3) is 0. The van der Waals surface area contributed by atoms with E-state index in [1.54, 1.807) is 30.3 Å². The highest BCUT2D eigenvalue weighted by atomic mass is 19.1. The van der Waals surface area contributed by atoms with Gasteiger partial charge in [0, 0.05) is 11.5 Å². The number of fused-ring (bicyclic) bond motifs is 1. The van der Waals surface area contributed by atoms with E-state index in [0.29, 0.717) is 16.8 Å². The standard InChI is InChI=1S/C18H10F2N2O2/c19-13-4-2-6-16(17(13)15-7-8-23-22-15)24-12-9-11-3-1-5-14(20)18(11)21-10-12/h1-10H. The van der Waals surface area contributed by atoms with Crippen molar-refractivity contribution in [2.75, 3.05) is 0 Å². The van der Waals surface area contributed by atoms with Gasteiger partial charge in [0.15, 0.2) is 0 Å². The van der Waals surface area contributed by atoms with Crippen molar-refractivity contribution < 1.29 is 18.0 Å². The Bertz CT molecular complexity index is 1020. The maximum absolute atomic E-state index is 14.2. The molecule has 2 aromatic heterocycles. The first-order chi connectivity index (χ1) is 11.7. The van der Waals surface area contributed by atoms with Crippen molar-refractivity contribution in [1.29, 1.82) is 0 Å². The highest BCUT2D eigenvalue weighted by molar-refractivity contribution is 5.80. The molecule has 2 aromatic carbocycles. The molecular weight excluding hydrogens is 314 g/mol. The molecule has 0 amide bonds. The summed E-state index contributed by atoms with van der Waals surface area (Å²) in [6.45, 7) is 0. The summed E-state index contributed by atoms with van der Waals surface area (Å²) < 4.78 is 38.4. The lowest BCUT2D eigenvalue weighted by atomic mass is 10.1. The van der Waals surface area contributed by atoms with Crippen molar-refractivity contribution in [3.63, 3.8) is 0 Å². The zero-order valence-electron chi connectivity index (χ0n) is 12.2. The van der Waals surface area contributed by atoms with Crippen molar-refractivity contribution in [3.05, 3.63) is 72.6 Å². The van der Waals surface area contributed by atoms with Gasteiger partial charge in [-0.25, -0.2) is 13.8 Å². The van der Waals surface area contributed by atoms with Crippen LogP contribution in [0.5, 0.6) is 11.5 Å². The van der Waals surface area contributed by atoms with E-state index >= 15 is 0 Å². The fourth-order valence-electron chi connectivity index (χ4n) is 2.47. The maximum atomic E-state index is 14.2. The second-order valence-electron chi connectivity index (χ2n) is 5.08. The number of ether oxygens (including phenoxy) is 1. The molecule has 6 heteroatoms. The number of nitrogens with zero attached hydrogens (tertiary/aromatic N) is 2. The highest BCUT2D eigenvalue weighted by Crippen LogP contribution is 2.35. The molecule has 4 rings (SSSR count). The minimum absolute atomic E-state index is 0.186. The van der Waals surface area contributed by atoms with Gasteiger partial charge >= 0.3 is 0 Å². The molecule has 4 aromatic rings. The number of benzene rings is 2. The largest absolute Gasteiger partial charge is 0.455 e. The zero-order chi connectivity index (χ0) is 16.5. The predicted octanol–water partition coefficient (Wildman–Crippen LogP) is 4.96. The lowest BCUT2D eigenvalue weighted by molar-refractivity contribution is 0.420. The van der Waals surface area contributed by atoms with Gasteiger partial charge in [0.25, 0.3) is 0 Å². The molecule has 0 radical (unpaired) electrons. The number of pyridine rings is 1. The van der Waals surface area contributed by atoms with Gasteiger partial charge < -0.3 is 9.26 Å². The summed E-state index contributed by atoms with van der Waals surface area (Å²) in [4.78, 5) is 4.06. The molecule has 4 nitrogen and oxygen atoms in total. The number of halogens is 2. The van der Waals surface area contributed by atoms with Crippen LogP contribution in [0.25, 0.3) is 22.2 Å². The zero-order valence-corrected chi connectivity index (χ0v) is 12.2. The van der Waals surface area contributed by atoms with E-state index in [1.807, 2.05) is 0 Å². The molecule has 0 spiro atoms. The van der Waals surface area contributed by atoms with Gasteiger partial charge in [-0.1, -0.05) is 23.4 Å². The third-order valence-corrected chi connectivity index (χ3v) is 3.53. The van der Waals surface area contributed by atoms with E-state index in [2.05, 4.69) is 10.1 Å². The van der Waals surface area contributed by atoms with Crippen LogP contribution in [-0.2, 0) is 0 Å². The smallest absolute Gasteiger partial charge is 0.149 e. The summed E-state index contributed by atoms with van der Waals surface area (Å²) in [6.07, 6.45) is 2.74. The number of para-hydroxylation sites is 1. The van der Waals surface area contributed by atoms with Crippen molar-refractivity contribution in [3.8, 4) is 22.8 Å². The second kappa shape index (κ2) is 5.73. The first kappa shape index (κ1) is 14.3. The average Bonchev–Trinajstić information content (AvgIpc) is 3.09. The lowest BCUT2D eigenvalue weighted by Crippen LogP contribution is -1.93. The predicted molar refractivity (Wildman–Crippen MR) is 83.7 cm³/mol. The van der Waals surface area contributed by atoms with Gasteiger partial charge in [-0.3, -0.25) is 0 Å². The molecule has 24 heavy (non-hydrogen) atoms. The normalized spacial score (nSPS) is 10.9. The Morgan fingerprint density at radius 2 is 1.79 bits per heavy atom. The van der Waals surface area contributed by atoms with Crippen LogP contribution in [0.15, 0.2) is 65.5 Å². The summed E-state index contributed by atoms with van der Waals surface area (Å²) in [5.74, 6) is -0.265. The van der Waals surface area contributed by atoms with Crippen LogP contribution in [0, 0.1) is 11.6 Å². The van der Waals surface area contributed by atoms with Crippen LogP contribution in [-0.4, -0.2) is 10.1 Å². The second-order valence-corrected chi connectivity index (χ2v) is 5.08. The Hall–Kier alpha value is -3.28. The van der Waals surface area contributed by atoms with E-state index in [1.165, 1.54) is 30.7 Å². The molecule has 2 heterocycles. The molecule has 0 fully saturated rings. The van der Waals surface area contributed by atoms with Crippen LogP contribution < -0.4 is 4.74 Å². The van der Waals surface area contributed by atoms with Crippen LogP contribution >= 0.6 is 0 Å². The molecule has 118 valence electrons. The molecule has 0 unspecified atom stereocenters. The molecule has 0 atom stereocenters. The molecule has 0 bridgehead atoms. The Morgan fingerprint density at radius 3 is 2.62 bits per heavy atom. The molecule has 0 aliphatic heterocycles. The van der Waals surface area contributed by atoms with Gasteiger partial charge in [-0.15, -0.1) is 0 Å². The lowest BCUT2D eigenvalue weighted by Gasteiger charge is -2.10. The Kier molecular flexibility index (Phi) is 3.42. The third kappa shape index (κ3) is 2.48. The van der Waals surface area contributed by atoms with E-state index in [9.17, 15) is 8.78 Å². The van der Waals surface area contributed by atoms with Crippen LogP contribution in [0.2, 0.25) is 0 Å². The van der Waals surface area contributed by atoms with E-state index in [0.717, 1.165) is 0 Å². The summed E-state index contributed by atoms with van der Waals surface area (Å²) in [5.41, 5.74) is 0.759. The average molecular weight is 324 g/mol. The summed E-state index contributed by atoms with van der Waals surface area (Å²) >= 11 is 0. The minimum atomic E-state index is -0.485. The molecule has 0 saturated heterocycles. The number of hydrogen-bond acceptors (Lipinski definition) is 4. The maximum Gasteiger partial charge on any atom is 0.149 e. The van der Waals surface area contributed by atoms with Gasteiger partial charge in [-0.2, -0.15) is 0 Å². The third-order valence-electron chi connectivity index (χ3n) is 3.53. The molecular formula is C18H10F2N2O2. The minimum Gasteiger partial charge on any atom is -0.455 e. The van der Waals surface area contributed by atoms with E-state index in [4.69, 9.17) is 9.26 Å². The van der Waals surface area contributed by atoms with Crippen LogP contribution in [0.3, 0.4) is 0 Å². The van der Waals surface area contributed by atoms with Gasteiger partial charge in [0.05, 0.1) is 11.8 Å². The monoisotopic (exact) mass is 324 g/mol. The van der Waals surface area contributed by atoms with Crippen molar-refractivity contribution in [2.24, 2.45) is 0 Å². The molecule has 0 saturated carbocycles. The SMILES string of the molecule is Fc1cccc(Oc2cnc3c(F)cccc3c2)c1-c1ccon1. The quantitative estimate of drug-likeness (QED) is 0.534. The summed E-state index contributed by atoms with van der Waals surface area (Å²) in [6, 6.07) is 12.3. The Morgan fingerprint density at radius 1 is 0.958 bits per heavy atom. The fourth-order valence-corrected chi connectivity index (χ4v) is 2.47. The molecule has 0 N–H and O–H groups in total. The Labute approximate surface area is 135 Å². The highest BCUT2D eigenvalue weighted by Gasteiger charge is 2.16. The molecule has 0 aliphatic carbocycles. The van der Waals surface area contributed by atoms with Gasteiger partial charge in [0.1, 0.15) is 40.6 Å². The van der Waals surface area contributed by atoms with Gasteiger partial charge in [-0.05, 0) is 24.3 Å². The topological polar surface area (TPSA) is 48.2 Å². The van der Waals surface area contributed by atoms with Crippen molar-refractivity contribution >= 4 is 10.9 Å². The molecule has 0 aliphatic rings. The van der Waals surface area contributed by atoms with Crippen LogP contribution in [0.4, 0.5) is 8.78 Å². The number of rotatable bonds is 3. The van der Waals surface area contributed by atoms with E-state index < -0.39 is 11.6 Å².